The second kappa shape index (κ2) is 5.69. The fourth-order valence-electron chi connectivity index (χ4n) is 2.70. The summed E-state index contributed by atoms with van der Waals surface area (Å²) in [6, 6.07) is 7.58. The summed E-state index contributed by atoms with van der Waals surface area (Å²) >= 11 is 0. The number of hydrogen-bond acceptors (Lipinski definition) is 4. The third kappa shape index (κ3) is 2.69. The molecule has 2 heterocycles. The molecule has 1 aromatic heterocycles. The average Bonchev–Trinajstić information content (AvgIpc) is 3.10. The van der Waals surface area contributed by atoms with Crippen molar-refractivity contribution in [2.45, 2.75) is 25.9 Å². The lowest BCUT2D eigenvalue weighted by molar-refractivity contribution is -0.153. The summed E-state index contributed by atoms with van der Waals surface area (Å²) < 4.78 is 10.3. The summed E-state index contributed by atoms with van der Waals surface area (Å²) in [5.74, 6) is -0.644. The van der Waals surface area contributed by atoms with Gasteiger partial charge >= 0.3 is 5.97 Å². The van der Waals surface area contributed by atoms with Gasteiger partial charge in [-0.25, -0.2) is 4.79 Å². The zero-order valence-corrected chi connectivity index (χ0v) is 11.8. The third-order valence-electron chi connectivity index (χ3n) is 3.71. The van der Waals surface area contributed by atoms with Gasteiger partial charge in [-0.3, -0.25) is 4.79 Å². The minimum absolute atomic E-state index is 0.198. The van der Waals surface area contributed by atoms with Gasteiger partial charge in [0.05, 0.1) is 0 Å². The number of aromatic amines is 1. The highest BCUT2D eigenvalue weighted by Crippen LogP contribution is 2.22. The largest absolute Gasteiger partial charge is 0.455 e. The molecule has 0 aliphatic carbocycles. The highest BCUT2D eigenvalue weighted by Gasteiger charge is 2.26. The lowest BCUT2D eigenvalue weighted by atomic mass is 10.1. The zero-order valence-electron chi connectivity index (χ0n) is 11.8. The molecule has 1 N–H and O–H groups in total. The van der Waals surface area contributed by atoms with Gasteiger partial charge in [0, 0.05) is 28.8 Å². The predicted octanol–water partition coefficient (Wildman–Crippen LogP) is 2.38. The number of esters is 1. The van der Waals surface area contributed by atoms with Crippen molar-refractivity contribution >= 4 is 22.7 Å². The molecule has 5 nitrogen and oxygen atoms in total. The molecule has 1 fully saturated rings. The summed E-state index contributed by atoms with van der Waals surface area (Å²) in [6.07, 6.45) is 1.01. The third-order valence-corrected chi connectivity index (χ3v) is 3.71. The molecule has 1 aliphatic rings. The highest BCUT2D eigenvalue weighted by atomic mass is 16.6. The second-order valence-corrected chi connectivity index (χ2v) is 5.20. The van der Waals surface area contributed by atoms with E-state index in [1.54, 1.807) is 0 Å². The number of Topliss-reactive ketones (excluding diaryl/α,β-unsaturated/α-hetero) is 1. The van der Waals surface area contributed by atoms with Crippen LogP contribution in [0.4, 0.5) is 0 Å². The van der Waals surface area contributed by atoms with Crippen LogP contribution >= 0.6 is 0 Å². The Morgan fingerprint density at radius 1 is 1.38 bits per heavy atom. The molecule has 0 saturated carbocycles. The Bertz CT molecular complexity index is 683. The molecule has 0 spiro atoms. The van der Waals surface area contributed by atoms with E-state index in [4.69, 9.17) is 9.47 Å². The van der Waals surface area contributed by atoms with E-state index in [-0.39, 0.29) is 12.4 Å². The number of rotatable bonds is 4. The Morgan fingerprint density at radius 2 is 2.19 bits per heavy atom. The van der Waals surface area contributed by atoms with Gasteiger partial charge in [-0.15, -0.1) is 0 Å². The number of carbonyl (C=O) groups excluding carboxylic acids is 2. The van der Waals surface area contributed by atoms with Gasteiger partial charge in [0.25, 0.3) is 0 Å². The first kappa shape index (κ1) is 13.8. The van der Waals surface area contributed by atoms with Crippen LogP contribution in [0.1, 0.15) is 28.9 Å². The SMILES string of the molecule is Cc1[nH]c2ccccc2c1C(=O)COC(=O)[C@@H]1CCCO1. The van der Waals surface area contributed by atoms with Crippen LogP contribution in [0.25, 0.3) is 10.9 Å². The lowest BCUT2D eigenvalue weighted by Gasteiger charge is -2.09. The number of aromatic nitrogens is 1. The number of fused-ring (bicyclic) bond motifs is 1. The Kier molecular flexibility index (Phi) is 3.75. The minimum Gasteiger partial charge on any atom is -0.455 e. The van der Waals surface area contributed by atoms with Crippen molar-refractivity contribution in [2.75, 3.05) is 13.2 Å². The minimum atomic E-state index is -0.512. The van der Waals surface area contributed by atoms with Crippen molar-refractivity contribution in [3.8, 4) is 0 Å². The lowest BCUT2D eigenvalue weighted by Crippen LogP contribution is -2.25. The maximum atomic E-state index is 12.3. The molecule has 1 aromatic carbocycles. The molecule has 1 atom stereocenters. The van der Waals surface area contributed by atoms with Crippen molar-refractivity contribution < 1.29 is 19.1 Å². The van der Waals surface area contributed by atoms with Crippen molar-refractivity contribution in [1.29, 1.82) is 0 Å². The van der Waals surface area contributed by atoms with Gasteiger partial charge in [0.2, 0.25) is 5.78 Å². The number of hydrogen-bond donors (Lipinski definition) is 1. The molecular formula is C16H17NO4. The van der Waals surface area contributed by atoms with Crippen molar-refractivity contribution in [3.63, 3.8) is 0 Å². The molecule has 3 rings (SSSR count). The van der Waals surface area contributed by atoms with Crippen LogP contribution in [0.3, 0.4) is 0 Å². The number of para-hydroxylation sites is 1. The monoisotopic (exact) mass is 287 g/mol. The smallest absolute Gasteiger partial charge is 0.335 e. The molecular weight excluding hydrogens is 270 g/mol. The molecule has 110 valence electrons. The first-order valence-electron chi connectivity index (χ1n) is 7.05. The van der Waals surface area contributed by atoms with E-state index in [2.05, 4.69) is 4.98 Å². The van der Waals surface area contributed by atoms with Crippen LogP contribution in [-0.2, 0) is 14.3 Å². The number of nitrogens with one attached hydrogen (secondary N) is 1. The molecule has 0 unspecified atom stereocenters. The summed E-state index contributed by atoms with van der Waals surface area (Å²) in [4.78, 5) is 27.2. The highest BCUT2D eigenvalue weighted by molar-refractivity contribution is 6.10. The molecule has 5 heteroatoms. The van der Waals surface area contributed by atoms with Crippen LogP contribution in [-0.4, -0.2) is 36.1 Å². The molecule has 21 heavy (non-hydrogen) atoms. The van der Waals surface area contributed by atoms with Crippen LogP contribution in [0, 0.1) is 6.92 Å². The van der Waals surface area contributed by atoms with Gasteiger partial charge in [-0.2, -0.15) is 0 Å². The van der Waals surface area contributed by atoms with E-state index in [1.165, 1.54) is 0 Å². The second-order valence-electron chi connectivity index (χ2n) is 5.20. The summed E-state index contributed by atoms with van der Waals surface area (Å²) in [6.45, 7) is 2.17. The average molecular weight is 287 g/mol. The number of ether oxygens (including phenoxy) is 2. The number of H-pyrrole nitrogens is 1. The molecule has 2 aromatic rings. The van der Waals surface area contributed by atoms with Crippen molar-refractivity contribution in [2.24, 2.45) is 0 Å². The maximum Gasteiger partial charge on any atom is 0.335 e. The predicted molar refractivity (Wildman–Crippen MR) is 77.3 cm³/mol. The van der Waals surface area contributed by atoms with E-state index < -0.39 is 12.1 Å². The quantitative estimate of drug-likeness (QED) is 0.692. The van der Waals surface area contributed by atoms with E-state index in [0.717, 1.165) is 23.0 Å². The van der Waals surface area contributed by atoms with Crippen LogP contribution in [0.5, 0.6) is 0 Å². The normalized spacial score (nSPS) is 18.0. The summed E-state index contributed by atoms with van der Waals surface area (Å²) in [5.41, 5.74) is 2.28. The topological polar surface area (TPSA) is 68.4 Å². The number of carbonyl (C=O) groups is 2. The Balaban J connectivity index is 1.72. The molecule has 1 aliphatic heterocycles. The van der Waals surface area contributed by atoms with Crippen molar-refractivity contribution in [1.82, 2.24) is 4.98 Å². The van der Waals surface area contributed by atoms with Crippen LogP contribution in [0.2, 0.25) is 0 Å². The first-order valence-corrected chi connectivity index (χ1v) is 7.05. The van der Waals surface area contributed by atoms with Gasteiger partial charge in [-0.1, -0.05) is 18.2 Å². The number of aryl methyl sites for hydroxylation is 1. The number of benzene rings is 1. The standard InChI is InChI=1S/C16H17NO4/c1-10-15(11-5-2-3-6-12(11)17-10)13(18)9-21-16(19)14-7-4-8-20-14/h2-3,5-6,14,17H,4,7-9H2,1H3/t14-/m0/s1. The fraction of sp³-hybridized carbons (Fsp3) is 0.375. The summed E-state index contributed by atoms with van der Waals surface area (Å²) in [5, 5.41) is 0.855. The van der Waals surface area contributed by atoms with E-state index >= 15 is 0 Å². The van der Waals surface area contributed by atoms with Crippen molar-refractivity contribution in [3.05, 3.63) is 35.5 Å². The number of ketones is 1. The molecule has 1 saturated heterocycles. The fourth-order valence-corrected chi connectivity index (χ4v) is 2.70. The Hall–Kier alpha value is -2.14. The van der Waals surface area contributed by atoms with Crippen LogP contribution < -0.4 is 0 Å². The summed E-state index contributed by atoms with van der Waals surface area (Å²) in [7, 11) is 0. The Morgan fingerprint density at radius 3 is 2.95 bits per heavy atom. The zero-order chi connectivity index (χ0) is 14.8. The van der Waals surface area contributed by atoms with E-state index in [0.29, 0.717) is 18.6 Å². The molecule has 0 bridgehead atoms. The maximum absolute atomic E-state index is 12.3. The van der Waals surface area contributed by atoms with E-state index in [1.807, 2.05) is 31.2 Å². The van der Waals surface area contributed by atoms with Gasteiger partial charge in [-0.05, 0) is 25.8 Å². The van der Waals surface area contributed by atoms with Crippen LogP contribution in [0.15, 0.2) is 24.3 Å². The van der Waals surface area contributed by atoms with E-state index in [9.17, 15) is 9.59 Å². The van der Waals surface area contributed by atoms with Gasteiger partial charge in [0.15, 0.2) is 12.7 Å². The molecule has 0 radical (unpaired) electrons. The first-order chi connectivity index (χ1) is 10.2. The molecule has 0 amide bonds. The van der Waals surface area contributed by atoms with Gasteiger partial charge < -0.3 is 14.5 Å². The van der Waals surface area contributed by atoms with Gasteiger partial charge in [0.1, 0.15) is 0 Å². The Labute approximate surface area is 122 Å².